The van der Waals surface area contributed by atoms with Gasteiger partial charge in [0.25, 0.3) is 5.69 Å². The predicted octanol–water partition coefficient (Wildman–Crippen LogP) is 1.31. The van der Waals surface area contributed by atoms with Gasteiger partial charge in [0.1, 0.15) is 0 Å². The predicted molar refractivity (Wildman–Crippen MR) is 66.0 cm³/mol. The number of hydrogen-bond acceptors (Lipinski definition) is 4. The topological polar surface area (TPSA) is 58.4 Å². The van der Waals surface area contributed by atoms with Crippen LogP contribution in [0.2, 0.25) is 0 Å². The SMILES string of the molecule is Cc1cc([N+](=O)[O-])ccc1CN1CCNCC1. The second-order valence-electron chi connectivity index (χ2n) is 4.39. The van der Waals surface area contributed by atoms with Crippen LogP contribution in [-0.2, 0) is 6.54 Å². The maximum Gasteiger partial charge on any atom is 0.269 e. The zero-order valence-electron chi connectivity index (χ0n) is 9.98. The van der Waals surface area contributed by atoms with Crippen molar-refractivity contribution in [2.75, 3.05) is 26.2 Å². The van der Waals surface area contributed by atoms with Gasteiger partial charge in [0.2, 0.25) is 0 Å². The van der Waals surface area contributed by atoms with Gasteiger partial charge in [-0.05, 0) is 18.1 Å². The van der Waals surface area contributed by atoms with Crippen molar-refractivity contribution in [3.05, 3.63) is 39.4 Å². The van der Waals surface area contributed by atoms with Gasteiger partial charge in [-0.3, -0.25) is 15.0 Å². The Bertz CT molecular complexity index is 414. The molecule has 1 aromatic rings. The summed E-state index contributed by atoms with van der Waals surface area (Å²) in [5, 5.41) is 13.9. The van der Waals surface area contributed by atoms with Crippen molar-refractivity contribution < 1.29 is 4.92 Å². The monoisotopic (exact) mass is 235 g/mol. The summed E-state index contributed by atoms with van der Waals surface area (Å²) in [7, 11) is 0. The number of nitrogens with one attached hydrogen (secondary N) is 1. The van der Waals surface area contributed by atoms with Gasteiger partial charge in [-0.25, -0.2) is 0 Å². The van der Waals surface area contributed by atoms with Gasteiger partial charge in [0.05, 0.1) is 4.92 Å². The molecule has 0 amide bonds. The van der Waals surface area contributed by atoms with E-state index in [1.165, 1.54) is 5.56 Å². The van der Waals surface area contributed by atoms with Crippen molar-refractivity contribution >= 4 is 5.69 Å². The van der Waals surface area contributed by atoms with Crippen LogP contribution in [0.25, 0.3) is 0 Å². The van der Waals surface area contributed by atoms with E-state index in [-0.39, 0.29) is 10.6 Å². The summed E-state index contributed by atoms with van der Waals surface area (Å²) in [5.74, 6) is 0. The Labute approximate surface area is 101 Å². The maximum atomic E-state index is 10.6. The van der Waals surface area contributed by atoms with Gasteiger partial charge < -0.3 is 5.32 Å². The lowest BCUT2D eigenvalue weighted by Crippen LogP contribution is -2.42. The Balaban J connectivity index is 2.08. The number of nitro benzene ring substituents is 1. The molecule has 1 aromatic carbocycles. The average Bonchev–Trinajstić information content (AvgIpc) is 2.33. The Morgan fingerprint density at radius 2 is 2.12 bits per heavy atom. The molecule has 0 bridgehead atoms. The summed E-state index contributed by atoms with van der Waals surface area (Å²) in [6.07, 6.45) is 0. The molecule has 0 atom stereocenters. The smallest absolute Gasteiger partial charge is 0.269 e. The summed E-state index contributed by atoms with van der Waals surface area (Å²) < 4.78 is 0. The van der Waals surface area contributed by atoms with Gasteiger partial charge in [0, 0.05) is 44.9 Å². The summed E-state index contributed by atoms with van der Waals surface area (Å²) in [4.78, 5) is 12.7. The van der Waals surface area contributed by atoms with E-state index in [4.69, 9.17) is 0 Å². The molecular formula is C12H17N3O2. The van der Waals surface area contributed by atoms with Gasteiger partial charge in [-0.2, -0.15) is 0 Å². The summed E-state index contributed by atoms with van der Waals surface area (Å²) >= 11 is 0. The molecular weight excluding hydrogens is 218 g/mol. The standard InChI is InChI=1S/C12H17N3O2/c1-10-8-12(15(16)17)3-2-11(10)9-14-6-4-13-5-7-14/h2-3,8,13H,4-7,9H2,1H3. The number of piperazine rings is 1. The Morgan fingerprint density at radius 1 is 1.41 bits per heavy atom. The van der Waals surface area contributed by atoms with E-state index in [1.807, 2.05) is 13.0 Å². The van der Waals surface area contributed by atoms with Crippen molar-refractivity contribution in [1.29, 1.82) is 0 Å². The highest BCUT2D eigenvalue weighted by Gasteiger charge is 2.13. The molecule has 1 N–H and O–H groups in total. The highest BCUT2D eigenvalue weighted by atomic mass is 16.6. The normalized spacial score (nSPS) is 17.0. The summed E-state index contributed by atoms with van der Waals surface area (Å²) in [6.45, 7) is 6.93. The first-order valence-electron chi connectivity index (χ1n) is 5.84. The fourth-order valence-corrected chi connectivity index (χ4v) is 2.08. The van der Waals surface area contributed by atoms with E-state index in [9.17, 15) is 10.1 Å². The highest BCUT2D eigenvalue weighted by Crippen LogP contribution is 2.18. The van der Waals surface area contributed by atoms with Gasteiger partial charge >= 0.3 is 0 Å². The van der Waals surface area contributed by atoms with Crippen LogP contribution in [-0.4, -0.2) is 36.0 Å². The second kappa shape index (κ2) is 5.25. The Kier molecular flexibility index (Phi) is 3.71. The molecule has 0 aliphatic carbocycles. The van der Waals surface area contributed by atoms with Crippen molar-refractivity contribution in [1.82, 2.24) is 10.2 Å². The first kappa shape index (κ1) is 12.0. The molecule has 0 aromatic heterocycles. The number of rotatable bonds is 3. The van der Waals surface area contributed by atoms with Crippen LogP contribution < -0.4 is 5.32 Å². The molecule has 0 saturated carbocycles. The number of hydrogen-bond donors (Lipinski definition) is 1. The van der Waals surface area contributed by atoms with E-state index >= 15 is 0 Å². The van der Waals surface area contributed by atoms with Crippen molar-refractivity contribution in [3.8, 4) is 0 Å². The summed E-state index contributed by atoms with van der Waals surface area (Å²) in [6, 6.07) is 5.11. The zero-order chi connectivity index (χ0) is 12.3. The molecule has 1 fully saturated rings. The first-order valence-corrected chi connectivity index (χ1v) is 5.84. The van der Waals surface area contributed by atoms with E-state index in [2.05, 4.69) is 10.2 Å². The second-order valence-corrected chi connectivity index (χ2v) is 4.39. The van der Waals surface area contributed by atoms with Crippen LogP contribution in [0.3, 0.4) is 0 Å². The first-order chi connectivity index (χ1) is 8.16. The Hall–Kier alpha value is -1.46. The van der Waals surface area contributed by atoms with Gasteiger partial charge in [-0.1, -0.05) is 6.07 Å². The van der Waals surface area contributed by atoms with Crippen molar-refractivity contribution in [2.45, 2.75) is 13.5 Å². The van der Waals surface area contributed by atoms with Gasteiger partial charge in [-0.15, -0.1) is 0 Å². The molecule has 1 saturated heterocycles. The largest absolute Gasteiger partial charge is 0.314 e. The molecule has 2 rings (SSSR count). The fourth-order valence-electron chi connectivity index (χ4n) is 2.08. The average molecular weight is 235 g/mol. The lowest BCUT2D eigenvalue weighted by atomic mass is 10.1. The zero-order valence-corrected chi connectivity index (χ0v) is 9.98. The molecule has 5 nitrogen and oxygen atoms in total. The van der Waals surface area contributed by atoms with E-state index in [0.29, 0.717) is 0 Å². The number of nitrogens with zero attached hydrogens (tertiary/aromatic N) is 2. The van der Waals surface area contributed by atoms with Crippen molar-refractivity contribution in [2.24, 2.45) is 0 Å². The van der Waals surface area contributed by atoms with Crippen LogP contribution >= 0.6 is 0 Å². The van der Waals surface area contributed by atoms with Crippen molar-refractivity contribution in [3.63, 3.8) is 0 Å². The third-order valence-electron chi connectivity index (χ3n) is 3.14. The molecule has 0 unspecified atom stereocenters. The molecule has 0 radical (unpaired) electrons. The van der Waals surface area contributed by atoms with Crippen LogP contribution in [0.4, 0.5) is 5.69 Å². The molecule has 0 spiro atoms. The summed E-state index contributed by atoms with van der Waals surface area (Å²) in [5.41, 5.74) is 2.35. The van der Waals surface area contributed by atoms with Crippen LogP contribution in [0.5, 0.6) is 0 Å². The number of aryl methyl sites for hydroxylation is 1. The lowest BCUT2D eigenvalue weighted by Gasteiger charge is -2.27. The lowest BCUT2D eigenvalue weighted by molar-refractivity contribution is -0.384. The van der Waals surface area contributed by atoms with E-state index in [0.717, 1.165) is 38.3 Å². The molecule has 1 heterocycles. The molecule has 1 aliphatic rings. The molecule has 5 heteroatoms. The molecule has 92 valence electrons. The van der Waals surface area contributed by atoms with Crippen LogP contribution in [0, 0.1) is 17.0 Å². The van der Waals surface area contributed by atoms with Crippen LogP contribution in [0.15, 0.2) is 18.2 Å². The van der Waals surface area contributed by atoms with Crippen LogP contribution in [0.1, 0.15) is 11.1 Å². The number of nitro groups is 1. The number of benzene rings is 1. The minimum Gasteiger partial charge on any atom is -0.314 e. The molecule has 17 heavy (non-hydrogen) atoms. The Morgan fingerprint density at radius 3 is 2.71 bits per heavy atom. The third kappa shape index (κ3) is 3.01. The van der Waals surface area contributed by atoms with Gasteiger partial charge in [0.15, 0.2) is 0 Å². The molecule has 1 aliphatic heterocycles. The maximum absolute atomic E-state index is 10.6. The van der Waals surface area contributed by atoms with E-state index in [1.54, 1.807) is 12.1 Å². The quantitative estimate of drug-likeness (QED) is 0.634. The third-order valence-corrected chi connectivity index (χ3v) is 3.14. The van der Waals surface area contributed by atoms with E-state index < -0.39 is 0 Å². The highest BCUT2D eigenvalue weighted by molar-refractivity contribution is 5.39. The fraction of sp³-hybridized carbons (Fsp3) is 0.500. The number of non-ortho nitro benzene ring substituents is 1. The minimum absolute atomic E-state index is 0.173. The minimum atomic E-state index is -0.346.